The third-order valence-electron chi connectivity index (χ3n) is 2.70. The highest BCUT2D eigenvalue weighted by molar-refractivity contribution is 5.81. The van der Waals surface area contributed by atoms with Crippen molar-refractivity contribution in [1.82, 2.24) is 15.3 Å². The van der Waals surface area contributed by atoms with E-state index in [0.717, 1.165) is 0 Å². The number of nitrogens with one attached hydrogen (secondary N) is 2. The van der Waals surface area contributed by atoms with Gasteiger partial charge in [0.05, 0.1) is 6.54 Å². The summed E-state index contributed by atoms with van der Waals surface area (Å²) in [5.41, 5.74) is 2.51. The Hall–Kier alpha value is -1.89. The molecule has 1 rings (SSSR count). The van der Waals surface area contributed by atoms with Crippen molar-refractivity contribution in [1.29, 1.82) is 0 Å². The molecule has 4 N–H and O–H groups in total. The van der Waals surface area contributed by atoms with E-state index in [1.54, 1.807) is 11.0 Å². The molecule has 0 aliphatic carbocycles. The number of rotatable bonds is 7. The van der Waals surface area contributed by atoms with Crippen LogP contribution >= 0.6 is 0 Å². The van der Waals surface area contributed by atoms with Crippen LogP contribution in [-0.4, -0.2) is 36.0 Å². The van der Waals surface area contributed by atoms with E-state index in [-0.39, 0.29) is 12.5 Å². The fourth-order valence-corrected chi connectivity index (χ4v) is 1.58. The molecule has 7 heteroatoms. The van der Waals surface area contributed by atoms with Crippen molar-refractivity contribution in [2.45, 2.75) is 27.2 Å². The second-order valence-electron chi connectivity index (χ2n) is 5.08. The van der Waals surface area contributed by atoms with Gasteiger partial charge in [0.25, 0.3) is 0 Å². The molecule has 0 spiro atoms. The van der Waals surface area contributed by atoms with E-state index in [9.17, 15) is 4.79 Å². The predicted octanol–water partition coefficient (Wildman–Crippen LogP) is 0.533. The zero-order valence-corrected chi connectivity index (χ0v) is 12.6. The molecule has 1 aromatic rings. The van der Waals surface area contributed by atoms with Gasteiger partial charge in [-0.25, -0.2) is 15.8 Å². The molecule has 7 nitrogen and oxygen atoms in total. The summed E-state index contributed by atoms with van der Waals surface area (Å²) < 4.78 is 0. The van der Waals surface area contributed by atoms with Gasteiger partial charge < -0.3 is 15.6 Å². The Kier molecular flexibility index (Phi) is 6.17. The minimum Gasteiger partial charge on any atom is -0.354 e. The highest BCUT2D eigenvalue weighted by Crippen LogP contribution is 2.14. The molecular formula is C13H24N6O. The van der Waals surface area contributed by atoms with Crippen LogP contribution in [-0.2, 0) is 11.2 Å². The molecule has 0 aliphatic heterocycles. The van der Waals surface area contributed by atoms with Gasteiger partial charge in [0.15, 0.2) is 0 Å². The van der Waals surface area contributed by atoms with E-state index < -0.39 is 0 Å². The Balaban J connectivity index is 2.71. The number of nitrogens with zero attached hydrogens (tertiary/aromatic N) is 3. The Morgan fingerprint density at radius 1 is 1.45 bits per heavy atom. The average molecular weight is 280 g/mol. The molecule has 1 aromatic heterocycles. The summed E-state index contributed by atoms with van der Waals surface area (Å²) in [7, 11) is 1.82. The standard InChI is InChI=1S/C13H24N6O/c1-5-10-16-11(18-14)6-12(17-10)19(4)8-13(20)15-7-9(2)3/h6,9H,5,7-8,14H2,1-4H3,(H,15,20)(H,16,17,18). The lowest BCUT2D eigenvalue weighted by Crippen LogP contribution is -2.37. The van der Waals surface area contributed by atoms with Crippen molar-refractivity contribution in [3.63, 3.8) is 0 Å². The normalized spacial score (nSPS) is 10.5. The van der Waals surface area contributed by atoms with Crippen molar-refractivity contribution in [3.8, 4) is 0 Å². The molecule has 0 atom stereocenters. The molecule has 0 saturated carbocycles. The maximum Gasteiger partial charge on any atom is 0.239 e. The smallest absolute Gasteiger partial charge is 0.239 e. The van der Waals surface area contributed by atoms with E-state index in [0.29, 0.717) is 36.3 Å². The molecule has 20 heavy (non-hydrogen) atoms. The Labute approximate surface area is 119 Å². The first kappa shape index (κ1) is 16.2. The quantitative estimate of drug-likeness (QED) is 0.498. The van der Waals surface area contributed by atoms with E-state index in [2.05, 4.69) is 34.6 Å². The summed E-state index contributed by atoms with van der Waals surface area (Å²) in [6.07, 6.45) is 0.704. The number of carbonyl (C=O) groups is 1. The van der Waals surface area contributed by atoms with Gasteiger partial charge in [-0.2, -0.15) is 0 Å². The van der Waals surface area contributed by atoms with Crippen LogP contribution in [0.25, 0.3) is 0 Å². The molecule has 112 valence electrons. The first-order chi connectivity index (χ1) is 9.46. The summed E-state index contributed by atoms with van der Waals surface area (Å²) in [6.45, 7) is 7.00. The number of carbonyl (C=O) groups excluding carboxylic acids is 1. The first-order valence-corrected chi connectivity index (χ1v) is 6.78. The number of hydrogen-bond donors (Lipinski definition) is 3. The van der Waals surface area contributed by atoms with Gasteiger partial charge in [0, 0.05) is 26.1 Å². The number of amides is 1. The number of aryl methyl sites for hydroxylation is 1. The Morgan fingerprint density at radius 3 is 2.70 bits per heavy atom. The van der Waals surface area contributed by atoms with Gasteiger partial charge in [-0.15, -0.1) is 0 Å². The van der Waals surface area contributed by atoms with Crippen molar-refractivity contribution < 1.29 is 4.79 Å². The SMILES string of the molecule is CCc1nc(NN)cc(N(C)CC(=O)NCC(C)C)n1. The lowest BCUT2D eigenvalue weighted by Gasteiger charge is -2.19. The highest BCUT2D eigenvalue weighted by atomic mass is 16.2. The minimum absolute atomic E-state index is 0.0277. The lowest BCUT2D eigenvalue weighted by atomic mass is 10.2. The molecule has 0 bridgehead atoms. The summed E-state index contributed by atoms with van der Waals surface area (Å²) >= 11 is 0. The molecule has 0 saturated heterocycles. The van der Waals surface area contributed by atoms with E-state index in [1.165, 1.54) is 0 Å². The van der Waals surface area contributed by atoms with Crippen LogP contribution in [0.5, 0.6) is 0 Å². The minimum atomic E-state index is -0.0277. The first-order valence-electron chi connectivity index (χ1n) is 6.78. The van der Waals surface area contributed by atoms with Gasteiger partial charge in [-0.1, -0.05) is 20.8 Å². The molecule has 0 unspecified atom stereocenters. The topological polar surface area (TPSA) is 96.2 Å². The van der Waals surface area contributed by atoms with Gasteiger partial charge in [0.2, 0.25) is 5.91 Å². The number of hydrogen-bond acceptors (Lipinski definition) is 6. The van der Waals surface area contributed by atoms with Gasteiger partial charge in [0.1, 0.15) is 17.5 Å². The van der Waals surface area contributed by atoms with Crippen LogP contribution in [0.3, 0.4) is 0 Å². The largest absolute Gasteiger partial charge is 0.354 e. The van der Waals surface area contributed by atoms with Gasteiger partial charge in [-0.05, 0) is 5.92 Å². The maximum atomic E-state index is 11.8. The monoisotopic (exact) mass is 280 g/mol. The number of likely N-dealkylation sites (N-methyl/N-ethyl adjacent to an activating group) is 1. The molecule has 0 aliphatic rings. The average Bonchev–Trinajstić information content (AvgIpc) is 2.44. The van der Waals surface area contributed by atoms with Gasteiger partial charge in [-0.3, -0.25) is 4.79 Å². The van der Waals surface area contributed by atoms with E-state index in [4.69, 9.17) is 5.84 Å². The summed E-state index contributed by atoms with van der Waals surface area (Å²) in [5.74, 6) is 7.69. The van der Waals surface area contributed by atoms with Crippen LogP contribution in [0.15, 0.2) is 6.07 Å². The fourth-order valence-electron chi connectivity index (χ4n) is 1.58. The molecule has 1 heterocycles. The third-order valence-corrected chi connectivity index (χ3v) is 2.70. The van der Waals surface area contributed by atoms with Crippen LogP contribution in [0.1, 0.15) is 26.6 Å². The highest BCUT2D eigenvalue weighted by Gasteiger charge is 2.11. The zero-order chi connectivity index (χ0) is 15.1. The second-order valence-corrected chi connectivity index (χ2v) is 5.08. The van der Waals surface area contributed by atoms with Crippen LogP contribution in [0.4, 0.5) is 11.6 Å². The van der Waals surface area contributed by atoms with Crippen molar-refractivity contribution in [2.75, 3.05) is 30.5 Å². The summed E-state index contributed by atoms with van der Waals surface area (Å²) in [4.78, 5) is 22.2. The Morgan fingerprint density at radius 2 is 2.15 bits per heavy atom. The van der Waals surface area contributed by atoms with Crippen LogP contribution in [0, 0.1) is 5.92 Å². The van der Waals surface area contributed by atoms with Crippen LogP contribution < -0.4 is 21.5 Å². The molecule has 0 aromatic carbocycles. The fraction of sp³-hybridized carbons (Fsp3) is 0.615. The lowest BCUT2D eigenvalue weighted by molar-refractivity contribution is -0.119. The van der Waals surface area contributed by atoms with Crippen LogP contribution in [0.2, 0.25) is 0 Å². The van der Waals surface area contributed by atoms with Gasteiger partial charge >= 0.3 is 0 Å². The van der Waals surface area contributed by atoms with E-state index in [1.807, 2.05) is 14.0 Å². The zero-order valence-electron chi connectivity index (χ0n) is 12.6. The molecule has 0 radical (unpaired) electrons. The summed E-state index contributed by atoms with van der Waals surface area (Å²) in [6, 6.07) is 1.72. The number of nitrogen functional groups attached to an aromatic ring is 1. The molecular weight excluding hydrogens is 256 g/mol. The second kappa shape index (κ2) is 7.64. The van der Waals surface area contributed by atoms with E-state index >= 15 is 0 Å². The predicted molar refractivity (Wildman–Crippen MR) is 80.3 cm³/mol. The number of anilines is 2. The van der Waals surface area contributed by atoms with Crippen molar-refractivity contribution in [3.05, 3.63) is 11.9 Å². The number of hydrazine groups is 1. The number of aromatic nitrogens is 2. The van der Waals surface area contributed by atoms with Crippen molar-refractivity contribution >= 4 is 17.5 Å². The van der Waals surface area contributed by atoms with Crippen molar-refractivity contribution in [2.24, 2.45) is 11.8 Å². The summed E-state index contributed by atoms with van der Waals surface area (Å²) in [5, 5.41) is 2.88. The maximum absolute atomic E-state index is 11.8. The Bertz CT molecular complexity index is 426. The molecule has 0 fully saturated rings. The third kappa shape index (κ3) is 5.00. The molecule has 1 amide bonds. The number of nitrogens with two attached hydrogens (primary N) is 1.